The Morgan fingerprint density at radius 2 is 2.05 bits per heavy atom. The van der Waals surface area contributed by atoms with Crippen LogP contribution in [-0.2, 0) is 5.41 Å². The highest BCUT2D eigenvalue weighted by Gasteiger charge is 2.47. The van der Waals surface area contributed by atoms with Crippen LogP contribution in [0.1, 0.15) is 50.4 Å². The summed E-state index contributed by atoms with van der Waals surface area (Å²) in [6.07, 6.45) is 4.83. The molecule has 1 saturated carbocycles. The largest absolute Gasteiger partial charge is 0.341 e. The van der Waals surface area contributed by atoms with Crippen molar-refractivity contribution in [3.8, 4) is 17.3 Å². The first-order valence-corrected chi connectivity index (χ1v) is 7.25. The summed E-state index contributed by atoms with van der Waals surface area (Å²) in [5, 5.41) is 9.20. The molecule has 1 aliphatic carbocycles. The molecule has 1 aromatic carbocycles. The van der Waals surface area contributed by atoms with Gasteiger partial charge in [0.2, 0.25) is 0 Å². The molecule has 3 nitrogen and oxygen atoms in total. The van der Waals surface area contributed by atoms with Crippen molar-refractivity contribution in [2.75, 3.05) is 0 Å². The first-order chi connectivity index (χ1) is 9.68. The van der Waals surface area contributed by atoms with Gasteiger partial charge in [0.25, 0.3) is 0 Å². The van der Waals surface area contributed by atoms with E-state index in [9.17, 15) is 5.26 Å². The average Bonchev–Trinajstić information content (AvgIpc) is 3.15. The standard InChI is InChI=1S/C17H19N3/c1-3-12(2)13-4-6-14(7-5-13)15-10-19-16(20-15)17(11-18)8-9-17/h4-7,10,12H,3,8-9H2,1-2H3,(H,19,20). The summed E-state index contributed by atoms with van der Waals surface area (Å²) in [7, 11) is 0. The maximum Gasteiger partial charge on any atom is 0.127 e. The lowest BCUT2D eigenvalue weighted by atomic mass is 9.97. The smallest absolute Gasteiger partial charge is 0.127 e. The van der Waals surface area contributed by atoms with E-state index in [1.807, 2.05) is 6.20 Å². The fraction of sp³-hybridized carbons (Fsp3) is 0.412. The highest BCUT2D eigenvalue weighted by atomic mass is 15.0. The number of H-pyrrole nitrogens is 1. The first kappa shape index (κ1) is 12.9. The van der Waals surface area contributed by atoms with Crippen LogP contribution in [0, 0.1) is 11.3 Å². The number of rotatable bonds is 4. The van der Waals surface area contributed by atoms with Crippen molar-refractivity contribution < 1.29 is 0 Å². The number of hydrogen-bond donors (Lipinski definition) is 1. The highest BCUT2D eigenvalue weighted by molar-refractivity contribution is 5.59. The van der Waals surface area contributed by atoms with Gasteiger partial charge in [-0.3, -0.25) is 0 Å². The first-order valence-electron chi connectivity index (χ1n) is 7.25. The van der Waals surface area contributed by atoms with Gasteiger partial charge in [0.15, 0.2) is 0 Å². The van der Waals surface area contributed by atoms with E-state index in [0.29, 0.717) is 5.92 Å². The summed E-state index contributed by atoms with van der Waals surface area (Å²) in [4.78, 5) is 7.71. The number of aromatic amines is 1. The zero-order valence-corrected chi connectivity index (χ0v) is 12.0. The number of nitrogens with zero attached hydrogens (tertiary/aromatic N) is 2. The molecule has 0 radical (unpaired) electrons. The number of aromatic nitrogens is 2. The van der Waals surface area contributed by atoms with E-state index in [1.54, 1.807) is 0 Å². The summed E-state index contributed by atoms with van der Waals surface area (Å²) in [5.41, 5.74) is 3.16. The van der Waals surface area contributed by atoms with Crippen LogP contribution in [-0.4, -0.2) is 9.97 Å². The summed E-state index contributed by atoms with van der Waals surface area (Å²) in [6.45, 7) is 4.45. The third kappa shape index (κ3) is 2.12. The Labute approximate surface area is 119 Å². The number of hydrogen-bond acceptors (Lipinski definition) is 2. The quantitative estimate of drug-likeness (QED) is 0.903. The molecule has 3 rings (SSSR count). The van der Waals surface area contributed by atoms with Crippen molar-refractivity contribution in [2.45, 2.75) is 44.4 Å². The minimum atomic E-state index is -0.338. The van der Waals surface area contributed by atoms with E-state index >= 15 is 0 Å². The zero-order chi connectivity index (χ0) is 14.2. The van der Waals surface area contributed by atoms with E-state index in [2.05, 4.69) is 54.2 Å². The molecule has 1 unspecified atom stereocenters. The van der Waals surface area contributed by atoms with Crippen molar-refractivity contribution in [3.63, 3.8) is 0 Å². The molecule has 0 saturated heterocycles. The van der Waals surface area contributed by atoms with Gasteiger partial charge in [-0.1, -0.05) is 38.1 Å². The molecule has 0 bridgehead atoms. The average molecular weight is 265 g/mol. The normalized spacial score (nSPS) is 17.4. The molecule has 20 heavy (non-hydrogen) atoms. The van der Waals surface area contributed by atoms with Gasteiger partial charge in [0.1, 0.15) is 11.2 Å². The van der Waals surface area contributed by atoms with Gasteiger partial charge in [-0.2, -0.15) is 5.26 Å². The lowest BCUT2D eigenvalue weighted by Gasteiger charge is -2.09. The van der Waals surface area contributed by atoms with Crippen molar-refractivity contribution in [1.29, 1.82) is 5.26 Å². The number of nitrogens with one attached hydrogen (secondary N) is 1. The van der Waals surface area contributed by atoms with Crippen LogP contribution in [0.4, 0.5) is 0 Å². The van der Waals surface area contributed by atoms with E-state index in [1.165, 1.54) is 5.56 Å². The van der Waals surface area contributed by atoms with Crippen molar-refractivity contribution in [2.24, 2.45) is 0 Å². The van der Waals surface area contributed by atoms with Crippen LogP contribution >= 0.6 is 0 Å². The lowest BCUT2D eigenvalue weighted by molar-refractivity contribution is 0.734. The summed E-state index contributed by atoms with van der Waals surface area (Å²) in [6, 6.07) is 11.0. The van der Waals surface area contributed by atoms with Crippen LogP contribution in [0.25, 0.3) is 11.3 Å². The number of imidazole rings is 1. The Morgan fingerprint density at radius 1 is 1.35 bits per heavy atom. The predicted octanol–water partition coefficient (Wildman–Crippen LogP) is 4.15. The second-order valence-electron chi connectivity index (χ2n) is 5.77. The third-order valence-corrected chi connectivity index (χ3v) is 4.40. The molecule has 0 aliphatic heterocycles. The summed E-state index contributed by atoms with van der Waals surface area (Å²) in [5.74, 6) is 1.41. The highest BCUT2D eigenvalue weighted by Crippen LogP contribution is 2.46. The SMILES string of the molecule is CCC(C)c1ccc(-c2cnc(C3(C#N)CC3)[nH]2)cc1. The van der Waals surface area contributed by atoms with Gasteiger partial charge < -0.3 is 4.98 Å². The Morgan fingerprint density at radius 3 is 2.60 bits per heavy atom. The molecule has 3 heteroatoms. The topological polar surface area (TPSA) is 52.5 Å². The Hall–Kier alpha value is -2.08. The monoisotopic (exact) mass is 265 g/mol. The van der Waals surface area contributed by atoms with Crippen molar-refractivity contribution in [3.05, 3.63) is 41.9 Å². The van der Waals surface area contributed by atoms with Gasteiger partial charge >= 0.3 is 0 Å². The van der Waals surface area contributed by atoms with Crippen LogP contribution in [0.2, 0.25) is 0 Å². The van der Waals surface area contributed by atoms with Crippen LogP contribution in [0.3, 0.4) is 0 Å². The number of benzene rings is 1. The van der Waals surface area contributed by atoms with E-state index in [-0.39, 0.29) is 5.41 Å². The second-order valence-corrected chi connectivity index (χ2v) is 5.77. The fourth-order valence-corrected chi connectivity index (χ4v) is 2.46. The molecule has 102 valence electrons. The molecule has 1 aromatic heterocycles. The molecule has 1 fully saturated rings. The van der Waals surface area contributed by atoms with E-state index in [0.717, 1.165) is 36.3 Å². The molecule has 0 spiro atoms. The lowest BCUT2D eigenvalue weighted by Crippen LogP contribution is -2.04. The van der Waals surface area contributed by atoms with Gasteiger partial charge in [0.05, 0.1) is 18.0 Å². The molecule has 2 aromatic rings. The Bertz CT molecular complexity index is 642. The summed E-state index contributed by atoms with van der Waals surface area (Å²) < 4.78 is 0. The van der Waals surface area contributed by atoms with Crippen molar-refractivity contribution in [1.82, 2.24) is 9.97 Å². The molecule has 1 atom stereocenters. The summed E-state index contributed by atoms with van der Waals surface area (Å²) >= 11 is 0. The van der Waals surface area contributed by atoms with Gasteiger partial charge in [0, 0.05) is 0 Å². The van der Waals surface area contributed by atoms with Crippen molar-refractivity contribution >= 4 is 0 Å². The van der Waals surface area contributed by atoms with Gasteiger partial charge in [-0.15, -0.1) is 0 Å². The van der Waals surface area contributed by atoms with Gasteiger partial charge in [-0.05, 0) is 36.3 Å². The zero-order valence-electron chi connectivity index (χ0n) is 12.0. The molecule has 1 heterocycles. The van der Waals surface area contributed by atoms with E-state index < -0.39 is 0 Å². The maximum atomic E-state index is 9.20. The molecule has 0 amide bonds. The van der Waals surface area contributed by atoms with Crippen LogP contribution in [0.5, 0.6) is 0 Å². The Balaban J connectivity index is 1.85. The van der Waals surface area contributed by atoms with E-state index in [4.69, 9.17) is 0 Å². The minimum absolute atomic E-state index is 0.338. The maximum absolute atomic E-state index is 9.20. The molecular weight excluding hydrogens is 246 g/mol. The minimum Gasteiger partial charge on any atom is -0.341 e. The second kappa shape index (κ2) is 4.79. The molecular formula is C17H19N3. The third-order valence-electron chi connectivity index (χ3n) is 4.40. The Kier molecular flexibility index (Phi) is 3.10. The fourth-order valence-electron chi connectivity index (χ4n) is 2.46. The van der Waals surface area contributed by atoms with Crippen LogP contribution < -0.4 is 0 Å². The number of nitriles is 1. The van der Waals surface area contributed by atoms with Gasteiger partial charge in [-0.25, -0.2) is 4.98 Å². The van der Waals surface area contributed by atoms with Crippen LogP contribution in [0.15, 0.2) is 30.5 Å². The molecule has 1 N–H and O–H groups in total. The molecule has 1 aliphatic rings. The predicted molar refractivity (Wildman–Crippen MR) is 79.3 cm³/mol.